The number of hydrogen-bond donors (Lipinski definition) is 2. The molecule has 0 saturated heterocycles. The van der Waals surface area contributed by atoms with Gasteiger partial charge in [0.2, 0.25) is 0 Å². The molecule has 2 N–H and O–H groups in total. The fraction of sp³-hybridized carbons (Fsp3) is 0.400. The minimum absolute atomic E-state index is 0.499. The largest absolute Gasteiger partial charge is 0.495 e. The SMILES string of the molecule is COc1cc(-c2cn(CCCCCCNC(=O)O)nn2)ccc1-n1cnc(C)c1. The van der Waals surface area contributed by atoms with E-state index in [1.807, 2.05) is 46.8 Å². The number of imidazole rings is 1. The molecular weight excluding hydrogens is 372 g/mol. The van der Waals surface area contributed by atoms with Gasteiger partial charge in [0, 0.05) is 24.8 Å². The summed E-state index contributed by atoms with van der Waals surface area (Å²) in [6.07, 6.45) is 8.49. The first kappa shape index (κ1) is 20.4. The highest BCUT2D eigenvalue weighted by molar-refractivity contribution is 5.65. The van der Waals surface area contributed by atoms with E-state index < -0.39 is 6.09 Å². The van der Waals surface area contributed by atoms with Crippen molar-refractivity contribution in [2.75, 3.05) is 13.7 Å². The van der Waals surface area contributed by atoms with Crippen LogP contribution < -0.4 is 10.1 Å². The number of nitrogens with one attached hydrogen (secondary N) is 1. The molecule has 0 atom stereocenters. The van der Waals surface area contributed by atoms with Crippen LogP contribution in [0.2, 0.25) is 0 Å². The van der Waals surface area contributed by atoms with Crippen molar-refractivity contribution in [1.29, 1.82) is 0 Å². The van der Waals surface area contributed by atoms with Gasteiger partial charge in [-0.2, -0.15) is 0 Å². The van der Waals surface area contributed by atoms with E-state index >= 15 is 0 Å². The molecular formula is C20H26N6O3. The number of amides is 1. The van der Waals surface area contributed by atoms with Gasteiger partial charge in [0.1, 0.15) is 11.4 Å². The fourth-order valence-electron chi connectivity index (χ4n) is 3.09. The number of unbranched alkanes of at least 4 members (excludes halogenated alkanes) is 3. The first-order valence-electron chi connectivity index (χ1n) is 9.63. The van der Waals surface area contributed by atoms with Crippen molar-refractivity contribution in [3.8, 4) is 22.7 Å². The first-order valence-corrected chi connectivity index (χ1v) is 9.63. The van der Waals surface area contributed by atoms with E-state index in [2.05, 4.69) is 20.6 Å². The predicted octanol–water partition coefficient (Wildman–Crippen LogP) is 3.28. The van der Waals surface area contributed by atoms with Crippen molar-refractivity contribution in [3.05, 3.63) is 42.6 Å². The summed E-state index contributed by atoms with van der Waals surface area (Å²) in [5, 5.41) is 19.4. The Labute approximate surface area is 169 Å². The number of ether oxygens (including phenoxy) is 1. The molecule has 0 radical (unpaired) electrons. The highest BCUT2D eigenvalue weighted by atomic mass is 16.5. The van der Waals surface area contributed by atoms with E-state index in [1.54, 1.807) is 13.4 Å². The average molecular weight is 398 g/mol. The van der Waals surface area contributed by atoms with E-state index in [4.69, 9.17) is 9.84 Å². The number of aryl methyl sites for hydroxylation is 2. The number of carboxylic acid groups (broad SMARTS) is 1. The Balaban J connectivity index is 1.56. The van der Waals surface area contributed by atoms with Gasteiger partial charge in [-0.3, -0.25) is 4.68 Å². The molecule has 0 saturated carbocycles. The summed E-state index contributed by atoms with van der Waals surface area (Å²) in [4.78, 5) is 14.6. The van der Waals surface area contributed by atoms with Gasteiger partial charge in [-0.25, -0.2) is 9.78 Å². The second kappa shape index (κ2) is 9.72. The van der Waals surface area contributed by atoms with Crippen molar-refractivity contribution in [3.63, 3.8) is 0 Å². The predicted molar refractivity (Wildman–Crippen MR) is 108 cm³/mol. The highest BCUT2D eigenvalue weighted by Gasteiger charge is 2.11. The molecule has 1 aromatic carbocycles. The molecule has 0 unspecified atom stereocenters. The molecule has 29 heavy (non-hydrogen) atoms. The molecule has 0 aliphatic heterocycles. The Morgan fingerprint density at radius 2 is 2.03 bits per heavy atom. The smallest absolute Gasteiger partial charge is 0.404 e. The van der Waals surface area contributed by atoms with Gasteiger partial charge in [0.15, 0.2) is 0 Å². The second-order valence-corrected chi connectivity index (χ2v) is 6.82. The summed E-state index contributed by atoms with van der Waals surface area (Å²) in [7, 11) is 1.65. The Morgan fingerprint density at radius 1 is 1.21 bits per heavy atom. The molecule has 9 heteroatoms. The molecule has 2 aromatic heterocycles. The first-order chi connectivity index (χ1) is 14.1. The average Bonchev–Trinajstić information content (AvgIpc) is 3.35. The summed E-state index contributed by atoms with van der Waals surface area (Å²) in [6.45, 7) is 3.23. The third kappa shape index (κ3) is 5.56. The van der Waals surface area contributed by atoms with E-state index in [0.717, 1.165) is 60.6 Å². The van der Waals surface area contributed by atoms with Crippen LogP contribution >= 0.6 is 0 Å². The monoisotopic (exact) mass is 398 g/mol. The lowest BCUT2D eigenvalue weighted by Crippen LogP contribution is -2.21. The molecule has 0 bridgehead atoms. The zero-order chi connectivity index (χ0) is 20.6. The molecule has 1 amide bonds. The van der Waals surface area contributed by atoms with Gasteiger partial charge in [-0.1, -0.05) is 24.1 Å². The van der Waals surface area contributed by atoms with Crippen LogP contribution in [0.25, 0.3) is 16.9 Å². The van der Waals surface area contributed by atoms with E-state index in [9.17, 15) is 4.79 Å². The second-order valence-electron chi connectivity index (χ2n) is 6.82. The van der Waals surface area contributed by atoms with Gasteiger partial charge in [-0.05, 0) is 31.9 Å². The molecule has 9 nitrogen and oxygen atoms in total. The van der Waals surface area contributed by atoms with E-state index in [0.29, 0.717) is 6.54 Å². The van der Waals surface area contributed by atoms with Crippen LogP contribution in [0.1, 0.15) is 31.4 Å². The molecule has 0 spiro atoms. The standard InChI is InChI=1S/C20H26N6O3/c1-15-12-25(14-22-15)18-8-7-16(11-19(18)29-2)17-13-26(24-23-17)10-6-4-3-5-9-21-20(27)28/h7-8,11-14,21H,3-6,9-10H2,1-2H3,(H,27,28). The molecule has 0 fully saturated rings. The quantitative estimate of drug-likeness (QED) is 0.508. The number of nitrogens with zero attached hydrogens (tertiary/aromatic N) is 5. The number of hydrogen-bond acceptors (Lipinski definition) is 5. The normalized spacial score (nSPS) is 10.8. The lowest BCUT2D eigenvalue weighted by Gasteiger charge is -2.10. The number of benzene rings is 1. The maximum atomic E-state index is 10.4. The van der Waals surface area contributed by atoms with Gasteiger partial charge >= 0.3 is 6.09 Å². The molecule has 2 heterocycles. The number of carbonyl (C=O) groups is 1. The highest BCUT2D eigenvalue weighted by Crippen LogP contribution is 2.28. The van der Waals surface area contributed by atoms with Crippen LogP contribution in [0, 0.1) is 6.92 Å². The number of aromatic nitrogens is 5. The van der Waals surface area contributed by atoms with Crippen LogP contribution in [0.15, 0.2) is 36.9 Å². The molecule has 0 aliphatic carbocycles. The van der Waals surface area contributed by atoms with Crippen molar-refractivity contribution < 1.29 is 14.6 Å². The lowest BCUT2D eigenvalue weighted by molar-refractivity contribution is 0.194. The third-order valence-electron chi connectivity index (χ3n) is 4.59. The summed E-state index contributed by atoms with van der Waals surface area (Å²) in [6, 6.07) is 5.94. The number of rotatable bonds is 10. The van der Waals surface area contributed by atoms with E-state index in [1.165, 1.54) is 0 Å². The minimum atomic E-state index is -0.968. The van der Waals surface area contributed by atoms with Crippen molar-refractivity contribution >= 4 is 6.09 Å². The number of methoxy groups -OCH3 is 1. The summed E-state index contributed by atoms with van der Waals surface area (Å²) in [5.74, 6) is 0.740. The Kier molecular flexibility index (Phi) is 6.83. The summed E-state index contributed by atoms with van der Waals surface area (Å²) in [5.41, 5.74) is 3.59. The maximum Gasteiger partial charge on any atom is 0.404 e. The van der Waals surface area contributed by atoms with Gasteiger partial charge in [0.25, 0.3) is 0 Å². The molecule has 3 aromatic rings. The van der Waals surface area contributed by atoms with Gasteiger partial charge < -0.3 is 19.7 Å². The fourth-order valence-corrected chi connectivity index (χ4v) is 3.09. The zero-order valence-corrected chi connectivity index (χ0v) is 16.7. The van der Waals surface area contributed by atoms with Crippen molar-refractivity contribution in [1.82, 2.24) is 29.9 Å². The van der Waals surface area contributed by atoms with E-state index in [-0.39, 0.29) is 0 Å². The Hall–Kier alpha value is -3.36. The third-order valence-corrected chi connectivity index (χ3v) is 4.59. The Morgan fingerprint density at radius 3 is 2.76 bits per heavy atom. The van der Waals surface area contributed by atoms with Crippen LogP contribution in [0.3, 0.4) is 0 Å². The minimum Gasteiger partial charge on any atom is -0.495 e. The zero-order valence-electron chi connectivity index (χ0n) is 16.7. The van der Waals surface area contributed by atoms with Crippen LogP contribution in [0.4, 0.5) is 4.79 Å². The van der Waals surface area contributed by atoms with Crippen LogP contribution in [0.5, 0.6) is 5.75 Å². The maximum absolute atomic E-state index is 10.4. The lowest BCUT2D eigenvalue weighted by atomic mass is 10.1. The van der Waals surface area contributed by atoms with Gasteiger partial charge in [0.05, 0.1) is 31.0 Å². The molecule has 0 aliphatic rings. The Bertz CT molecular complexity index is 949. The summed E-state index contributed by atoms with van der Waals surface area (Å²) >= 11 is 0. The molecule has 154 valence electrons. The van der Waals surface area contributed by atoms with Crippen molar-refractivity contribution in [2.45, 2.75) is 39.2 Å². The summed E-state index contributed by atoms with van der Waals surface area (Å²) < 4.78 is 9.33. The van der Waals surface area contributed by atoms with Crippen LogP contribution in [-0.2, 0) is 6.54 Å². The van der Waals surface area contributed by atoms with Crippen molar-refractivity contribution in [2.24, 2.45) is 0 Å². The van der Waals surface area contributed by atoms with Gasteiger partial charge in [-0.15, -0.1) is 5.10 Å². The topological polar surface area (TPSA) is 107 Å². The molecule has 3 rings (SSSR count). The van der Waals surface area contributed by atoms with Crippen LogP contribution in [-0.4, -0.2) is 49.4 Å².